The van der Waals surface area contributed by atoms with Crippen LogP contribution in [0.25, 0.3) is 10.9 Å². The number of aryl methyl sites for hydroxylation is 1. The quantitative estimate of drug-likeness (QED) is 0.750. The van der Waals surface area contributed by atoms with Crippen molar-refractivity contribution < 1.29 is 15.0 Å². The van der Waals surface area contributed by atoms with E-state index in [0.717, 1.165) is 10.9 Å². The number of benzene rings is 1. The van der Waals surface area contributed by atoms with Gasteiger partial charge in [-0.15, -0.1) is 0 Å². The average Bonchev–Trinajstić information content (AvgIpc) is 2.65. The number of hydrogen-bond donors (Lipinski definition) is 3. The summed E-state index contributed by atoms with van der Waals surface area (Å²) < 4.78 is 1.87. The Labute approximate surface area is 98.1 Å². The van der Waals surface area contributed by atoms with E-state index in [0.29, 0.717) is 12.1 Å². The second-order valence-electron chi connectivity index (χ2n) is 3.89. The number of aromatic nitrogens is 1. The summed E-state index contributed by atoms with van der Waals surface area (Å²) >= 11 is 0. The van der Waals surface area contributed by atoms with Crippen LogP contribution >= 0.6 is 0 Å². The summed E-state index contributed by atoms with van der Waals surface area (Å²) in [6.45, 7) is 2.63. The van der Waals surface area contributed by atoms with Crippen LogP contribution in [0.4, 0.5) is 0 Å². The van der Waals surface area contributed by atoms with Crippen molar-refractivity contribution in [3.63, 3.8) is 0 Å². The number of carboxylic acid groups (broad SMARTS) is 1. The van der Waals surface area contributed by atoms with E-state index in [1.54, 1.807) is 18.3 Å². The number of hydrogen-bond acceptors (Lipinski definition) is 3. The van der Waals surface area contributed by atoms with Crippen molar-refractivity contribution in [3.8, 4) is 5.75 Å². The van der Waals surface area contributed by atoms with E-state index < -0.39 is 12.0 Å². The maximum atomic E-state index is 10.9. The van der Waals surface area contributed by atoms with Gasteiger partial charge >= 0.3 is 5.97 Å². The third-order valence-corrected chi connectivity index (χ3v) is 2.84. The molecule has 0 radical (unpaired) electrons. The molecule has 1 heterocycles. The minimum absolute atomic E-state index is 0.153. The van der Waals surface area contributed by atoms with Gasteiger partial charge in [-0.2, -0.15) is 0 Å². The zero-order valence-electron chi connectivity index (χ0n) is 9.42. The summed E-state index contributed by atoms with van der Waals surface area (Å²) in [5, 5.41) is 19.2. The van der Waals surface area contributed by atoms with Crippen molar-refractivity contribution in [1.29, 1.82) is 0 Å². The monoisotopic (exact) mass is 234 g/mol. The van der Waals surface area contributed by atoms with Gasteiger partial charge in [0.05, 0.1) is 5.52 Å². The molecule has 5 nitrogen and oxygen atoms in total. The number of phenols is 1. The van der Waals surface area contributed by atoms with E-state index in [2.05, 4.69) is 0 Å². The molecule has 0 aliphatic carbocycles. The van der Waals surface area contributed by atoms with Crippen LogP contribution in [0.3, 0.4) is 0 Å². The van der Waals surface area contributed by atoms with Crippen molar-refractivity contribution in [2.24, 2.45) is 5.73 Å². The van der Waals surface area contributed by atoms with Crippen LogP contribution in [0.15, 0.2) is 24.4 Å². The first kappa shape index (κ1) is 11.5. The number of nitrogens with zero attached hydrogens (tertiary/aromatic N) is 1. The molecular formula is C12H14N2O3. The summed E-state index contributed by atoms with van der Waals surface area (Å²) in [4.78, 5) is 10.9. The molecule has 90 valence electrons. The maximum absolute atomic E-state index is 10.9. The summed E-state index contributed by atoms with van der Waals surface area (Å²) in [5.74, 6) is -0.908. The lowest BCUT2D eigenvalue weighted by Crippen LogP contribution is -2.20. The number of fused-ring (bicyclic) bond motifs is 1. The van der Waals surface area contributed by atoms with Gasteiger partial charge in [0.2, 0.25) is 0 Å². The van der Waals surface area contributed by atoms with E-state index in [1.807, 2.05) is 11.5 Å². The molecule has 0 saturated carbocycles. The molecule has 4 N–H and O–H groups in total. The number of rotatable bonds is 3. The summed E-state index contributed by atoms with van der Waals surface area (Å²) in [5.41, 5.74) is 6.99. The molecule has 0 amide bonds. The minimum Gasteiger partial charge on any atom is -0.508 e. The first-order valence-electron chi connectivity index (χ1n) is 5.34. The SMILES string of the molecule is CCn1cc(C(N)C(=O)O)c2ccc(O)cc21. The van der Waals surface area contributed by atoms with Crippen LogP contribution in [0.2, 0.25) is 0 Å². The standard InChI is InChI=1S/C12H14N2O3/c1-2-14-6-9(11(13)12(16)17)8-4-3-7(15)5-10(8)14/h3-6,11,15H,2,13H2,1H3,(H,16,17). The molecule has 0 spiro atoms. The van der Waals surface area contributed by atoms with E-state index in [1.165, 1.54) is 6.07 Å². The van der Waals surface area contributed by atoms with Gasteiger partial charge in [0.1, 0.15) is 11.8 Å². The van der Waals surface area contributed by atoms with E-state index in [-0.39, 0.29) is 5.75 Å². The molecule has 0 saturated heterocycles. The maximum Gasteiger partial charge on any atom is 0.325 e. The minimum atomic E-state index is -1.06. The largest absolute Gasteiger partial charge is 0.508 e. The zero-order valence-corrected chi connectivity index (χ0v) is 9.42. The number of aliphatic carboxylic acids is 1. The third-order valence-electron chi connectivity index (χ3n) is 2.84. The topological polar surface area (TPSA) is 88.5 Å². The Bertz CT molecular complexity index is 574. The van der Waals surface area contributed by atoms with Gasteiger partial charge in [-0.1, -0.05) is 0 Å². The fraction of sp³-hybridized carbons (Fsp3) is 0.250. The van der Waals surface area contributed by atoms with E-state index >= 15 is 0 Å². The molecule has 0 aliphatic heterocycles. The molecule has 1 unspecified atom stereocenters. The predicted molar refractivity (Wildman–Crippen MR) is 63.8 cm³/mol. The van der Waals surface area contributed by atoms with Crippen LogP contribution in [-0.4, -0.2) is 20.7 Å². The Morgan fingerprint density at radius 1 is 1.53 bits per heavy atom. The van der Waals surface area contributed by atoms with Gasteiger partial charge in [0.25, 0.3) is 0 Å². The molecular weight excluding hydrogens is 220 g/mol. The van der Waals surface area contributed by atoms with Crippen molar-refractivity contribution in [1.82, 2.24) is 4.57 Å². The van der Waals surface area contributed by atoms with Crippen LogP contribution in [-0.2, 0) is 11.3 Å². The molecule has 1 aromatic heterocycles. The van der Waals surface area contributed by atoms with Gasteiger partial charge in [0, 0.05) is 29.8 Å². The van der Waals surface area contributed by atoms with Gasteiger partial charge < -0.3 is 20.5 Å². The van der Waals surface area contributed by atoms with E-state index in [4.69, 9.17) is 10.8 Å². The van der Waals surface area contributed by atoms with Crippen molar-refractivity contribution in [2.45, 2.75) is 19.5 Å². The van der Waals surface area contributed by atoms with Crippen LogP contribution in [0.1, 0.15) is 18.5 Å². The molecule has 1 aromatic carbocycles. The molecule has 0 fully saturated rings. The molecule has 0 aliphatic rings. The second kappa shape index (κ2) is 4.10. The van der Waals surface area contributed by atoms with Crippen molar-refractivity contribution >= 4 is 16.9 Å². The first-order chi connectivity index (χ1) is 8.04. The first-order valence-corrected chi connectivity index (χ1v) is 5.34. The number of nitrogens with two attached hydrogens (primary N) is 1. The average molecular weight is 234 g/mol. The fourth-order valence-corrected chi connectivity index (χ4v) is 1.95. The van der Waals surface area contributed by atoms with Crippen molar-refractivity contribution in [2.75, 3.05) is 0 Å². The van der Waals surface area contributed by atoms with E-state index in [9.17, 15) is 9.90 Å². The smallest absolute Gasteiger partial charge is 0.325 e. The Morgan fingerprint density at radius 2 is 2.24 bits per heavy atom. The molecule has 0 bridgehead atoms. The molecule has 2 aromatic rings. The summed E-state index contributed by atoms with van der Waals surface area (Å²) in [6.07, 6.45) is 1.73. The number of carbonyl (C=O) groups is 1. The summed E-state index contributed by atoms with van der Waals surface area (Å²) in [7, 11) is 0. The Balaban J connectivity index is 2.69. The third kappa shape index (κ3) is 1.85. The van der Waals surface area contributed by atoms with Gasteiger partial charge in [-0.3, -0.25) is 4.79 Å². The van der Waals surface area contributed by atoms with Crippen molar-refractivity contribution in [3.05, 3.63) is 30.0 Å². The van der Waals surface area contributed by atoms with Gasteiger partial charge in [0.15, 0.2) is 0 Å². The molecule has 2 rings (SSSR count). The Morgan fingerprint density at radius 3 is 2.82 bits per heavy atom. The van der Waals surface area contributed by atoms with Gasteiger partial charge in [-0.25, -0.2) is 0 Å². The van der Waals surface area contributed by atoms with Crippen LogP contribution in [0.5, 0.6) is 5.75 Å². The Hall–Kier alpha value is -2.01. The number of phenolic OH excluding ortho intramolecular Hbond substituents is 1. The number of aromatic hydroxyl groups is 1. The highest BCUT2D eigenvalue weighted by Gasteiger charge is 2.19. The van der Waals surface area contributed by atoms with Crippen LogP contribution in [0, 0.1) is 0 Å². The lowest BCUT2D eigenvalue weighted by atomic mass is 10.1. The normalized spacial score (nSPS) is 12.8. The summed E-state index contributed by atoms with van der Waals surface area (Å²) in [6, 6.07) is 3.78. The van der Waals surface area contributed by atoms with Gasteiger partial charge in [-0.05, 0) is 19.1 Å². The highest BCUT2D eigenvalue weighted by Crippen LogP contribution is 2.28. The molecule has 5 heteroatoms. The second-order valence-corrected chi connectivity index (χ2v) is 3.89. The lowest BCUT2D eigenvalue weighted by molar-refractivity contribution is -0.138. The highest BCUT2D eigenvalue weighted by molar-refractivity contribution is 5.90. The zero-order chi connectivity index (χ0) is 12.6. The highest BCUT2D eigenvalue weighted by atomic mass is 16.4. The fourth-order valence-electron chi connectivity index (χ4n) is 1.95. The lowest BCUT2D eigenvalue weighted by Gasteiger charge is -2.04. The molecule has 17 heavy (non-hydrogen) atoms. The van der Waals surface area contributed by atoms with Crippen LogP contribution < -0.4 is 5.73 Å². The predicted octanol–water partition coefficient (Wildman–Crippen LogP) is 1.45. The number of carboxylic acids is 1. The molecule has 1 atom stereocenters. The Kier molecular flexibility index (Phi) is 2.77.